The zero-order chi connectivity index (χ0) is 6.15. The molecule has 1 aliphatic heterocycles. The number of likely N-dealkylation sites (N-methyl/N-ethyl adjacent to an activating group) is 1. The molecule has 0 atom stereocenters. The van der Waals surface area contributed by atoms with Crippen LogP contribution in [0.3, 0.4) is 0 Å². The molecule has 0 aromatic rings. The minimum absolute atomic E-state index is 0.215. The largest absolute Gasteiger partial charge is 0.394 e. The van der Waals surface area contributed by atoms with E-state index in [1.54, 1.807) is 11.9 Å². The third-order valence-corrected chi connectivity index (χ3v) is 1.11. The number of rotatable bonds is 0. The summed E-state index contributed by atoms with van der Waals surface area (Å²) in [4.78, 5) is 1.67. The summed E-state index contributed by atoms with van der Waals surface area (Å²) in [6, 6.07) is 0. The van der Waals surface area contributed by atoms with Gasteiger partial charge in [0.15, 0.2) is 5.84 Å². The Balaban J connectivity index is 2.71. The molecular weight excluding hydrogens is 103 g/mol. The van der Waals surface area contributed by atoms with Crippen molar-refractivity contribution in [2.75, 3.05) is 7.05 Å². The fourth-order valence-electron chi connectivity index (χ4n) is 0.551. The molecule has 1 rings (SSSR count). The van der Waals surface area contributed by atoms with Crippen LogP contribution in [0.2, 0.25) is 0 Å². The Hall–Kier alpha value is -0.995. The van der Waals surface area contributed by atoms with E-state index in [0.29, 0.717) is 7.55 Å². The highest BCUT2D eigenvalue weighted by molar-refractivity contribution is 6.60. The van der Waals surface area contributed by atoms with Crippen molar-refractivity contribution in [1.82, 2.24) is 10.0 Å². The summed E-state index contributed by atoms with van der Waals surface area (Å²) >= 11 is 0. The first-order valence-corrected chi connectivity index (χ1v) is 2.34. The van der Waals surface area contributed by atoms with E-state index in [-0.39, 0.29) is 11.7 Å². The summed E-state index contributed by atoms with van der Waals surface area (Å²) in [6.07, 6.45) is 0. The van der Waals surface area contributed by atoms with Gasteiger partial charge in [-0.3, -0.25) is 10.8 Å². The number of amidine groups is 2. The van der Waals surface area contributed by atoms with E-state index in [1.165, 1.54) is 0 Å². The van der Waals surface area contributed by atoms with Crippen LogP contribution in [-0.4, -0.2) is 31.1 Å². The van der Waals surface area contributed by atoms with Gasteiger partial charge in [-0.15, -0.1) is 0 Å². The third-order valence-electron chi connectivity index (χ3n) is 1.11. The van der Waals surface area contributed by atoms with E-state index in [9.17, 15) is 0 Å². The summed E-state index contributed by atoms with van der Waals surface area (Å²) in [5.41, 5.74) is 0. The van der Waals surface area contributed by atoms with Gasteiger partial charge in [-0.05, 0) is 7.05 Å². The van der Waals surface area contributed by atoms with Crippen LogP contribution in [0.25, 0.3) is 0 Å². The molecule has 0 amide bonds. The average molecular weight is 110 g/mol. The maximum Gasteiger partial charge on any atom is 0.356 e. The summed E-state index contributed by atoms with van der Waals surface area (Å²) in [5, 5.41) is 16.8. The molecule has 0 spiro atoms. The molecule has 1 saturated heterocycles. The van der Waals surface area contributed by atoms with Gasteiger partial charge >= 0.3 is 7.55 Å². The first-order chi connectivity index (χ1) is 3.72. The van der Waals surface area contributed by atoms with Gasteiger partial charge in [-0.25, -0.2) is 0 Å². The standard InChI is InChI=1S/C3H7BN4/c1-8-3(6)2(5)7-4-8/h4,6H,1H3,(H2,5,7). The fourth-order valence-corrected chi connectivity index (χ4v) is 0.551. The van der Waals surface area contributed by atoms with E-state index in [0.717, 1.165) is 0 Å². The van der Waals surface area contributed by atoms with Crippen molar-refractivity contribution < 1.29 is 0 Å². The van der Waals surface area contributed by atoms with Crippen molar-refractivity contribution in [2.24, 2.45) is 0 Å². The molecule has 0 bridgehead atoms. The van der Waals surface area contributed by atoms with Gasteiger partial charge in [0, 0.05) is 0 Å². The second-order valence-electron chi connectivity index (χ2n) is 1.76. The van der Waals surface area contributed by atoms with E-state index in [4.69, 9.17) is 10.8 Å². The minimum Gasteiger partial charge on any atom is -0.394 e. The highest BCUT2D eigenvalue weighted by Gasteiger charge is 2.18. The number of hydrogen-bond donors (Lipinski definition) is 3. The van der Waals surface area contributed by atoms with Gasteiger partial charge in [-0.1, -0.05) is 0 Å². The third kappa shape index (κ3) is 0.557. The zero-order valence-electron chi connectivity index (χ0n) is 4.65. The van der Waals surface area contributed by atoms with Gasteiger partial charge in [0.1, 0.15) is 5.84 Å². The maximum absolute atomic E-state index is 7.10. The monoisotopic (exact) mass is 110 g/mol. The number of nitrogens with zero attached hydrogens (tertiary/aromatic N) is 1. The van der Waals surface area contributed by atoms with Crippen LogP contribution in [0, 0.1) is 10.8 Å². The van der Waals surface area contributed by atoms with Crippen LogP contribution in [0.15, 0.2) is 0 Å². The summed E-state index contributed by atoms with van der Waals surface area (Å²) in [5.74, 6) is 0.484. The number of nitrogens with one attached hydrogen (secondary N) is 3. The van der Waals surface area contributed by atoms with Crippen molar-refractivity contribution >= 4 is 19.2 Å². The Labute approximate surface area is 48.2 Å². The quantitative estimate of drug-likeness (QED) is 0.341. The molecular formula is C3H7BN4. The van der Waals surface area contributed by atoms with Crippen LogP contribution in [-0.2, 0) is 0 Å². The molecule has 8 heavy (non-hydrogen) atoms. The summed E-state index contributed by atoms with van der Waals surface area (Å²) in [6.45, 7) is 0. The van der Waals surface area contributed by atoms with Crippen LogP contribution >= 0.6 is 0 Å². The normalized spacial score (nSPS) is 18.4. The van der Waals surface area contributed by atoms with Gasteiger partial charge < -0.3 is 10.0 Å². The Morgan fingerprint density at radius 2 is 2.25 bits per heavy atom. The topological polar surface area (TPSA) is 63.0 Å². The minimum atomic E-state index is 0.215. The lowest BCUT2D eigenvalue weighted by Gasteiger charge is -2.03. The molecule has 1 fully saturated rings. The van der Waals surface area contributed by atoms with Crippen LogP contribution < -0.4 is 5.23 Å². The van der Waals surface area contributed by atoms with Gasteiger partial charge in [0.25, 0.3) is 0 Å². The van der Waals surface area contributed by atoms with E-state index in [2.05, 4.69) is 5.23 Å². The number of hydrogen-bond acceptors (Lipinski definition) is 2. The lowest BCUT2D eigenvalue weighted by molar-refractivity contribution is 0.811. The predicted molar refractivity (Wildman–Crippen MR) is 33.5 cm³/mol. The SMILES string of the molecule is CN1BNC(=N)C1=N. The lowest BCUT2D eigenvalue weighted by atomic mass is 10.2. The molecule has 0 aromatic heterocycles. The summed E-state index contributed by atoms with van der Waals surface area (Å²) in [7, 11) is 2.37. The Morgan fingerprint density at radius 1 is 1.62 bits per heavy atom. The van der Waals surface area contributed by atoms with Crippen molar-refractivity contribution in [3.8, 4) is 0 Å². The summed E-state index contributed by atoms with van der Waals surface area (Å²) < 4.78 is 0. The Morgan fingerprint density at radius 3 is 2.38 bits per heavy atom. The fraction of sp³-hybridized carbons (Fsp3) is 0.333. The van der Waals surface area contributed by atoms with E-state index < -0.39 is 0 Å². The van der Waals surface area contributed by atoms with E-state index >= 15 is 0 Å². The molecule has 0 aromatic carbocycles. The first-order valence-electron chi connectivity index (χ1n) is 2.34. The Kier molecular flexibility index (Phi) is 0.967. The van der Waals surface area contributed by atoms with Crippen LogP contribution in [0.5, 0.6) is 0 Å². The molecule has 5 heteroatoms. The second kappa shape index (κ2) is 1.50. The molecule has 1 heterocycles. The van der Waals surface area contributed by atoms with Gasteiger partial charge in [0.05, 0.1) is 0 Å². The molecule has 42 valence electrons. The van der Waals surface area contributed by atoms with Crippen LogP contribution in [0.4, 0.5) is 0 Å². The first kappa shape index (κ1) is 5.15. The molecule has 0 aliphatic carbocycles. The predicted octanol–water partition coefficient (Wildman–Crippen LogP) is -1.26. The lowest BCUT2D eigenvalue weighted by Crippen LogP contribution is -2.23. The molecule has 0 radical (unpaired) electrons. The molecule has 3 N–H and O–H groups in total. The van der Waals surface area contributed by atoms with E-state index in [1.807, 2.05) is 0 Å². The molecule has 0 saturated carbocycles. The molecule has 4 nitrogen and oxygen atoms in total. The van der Waals surface area contributed by atoms with Crippen molar-refractivity contribution in [1.29, 1.82) is 10.8 Å². The molecule has 1 aliphatic rings. The maximum atomic E-state index is 7.10. The van der Waals surface area contributed by atoms with Crippen molar-refractivity contribution in [2.45, 2.75) is 0 Å². The zero-order valence-corrected chi connectivity index (χ0v) is 4.65. The van der Waals surface area contributed by atoms with Gasteiger partial charge in [0.2, 0.25) is 0 Å². The van der Waals surface area contributed by atoms with Crippen molar-refractivity contribution in [3.05, 3.63) is 0 Å². The highest BCUT2D eigenvalue weighted by atomic mass is 15.2. The molecule has 0 unspecified atom stereocenters. The Bertz CT molecular complexity index is 142. The average Bonchev–Trinajstić information content (AvgIpc) is 1.98. The smallest absolute Gasteiger partial charge is 0.356 e. The van der Waals surface area contributed by atoms with Gasteiger partial charge in [-0.2, -0.15) is 0 Å². The van der Waals surface area contributed by atoms with Crippen LogP contribution in [0.1, 0.15) is 0 Å². The highest BCUT2D eigenvalue weighted by Crippen LogP contribution is 1.87. The van der Waals surface area contributed by atoms with Crippen molar-refractivity contribution in [3.63, 3.8) is 0 Å². The second-order valence-corrected chi connectivity index (χ2v) is 1.76.